The van der Waals surface area contributed by atoms with Gasteiger partial charge in [-0.1, -0.05) is 35.6 Å². The number of fused-ring (bicyclic) bond motifs is 1. The lowest BCUT2D eigenvalue weighted by Crippen LogP contribution is -2.36. The summed E-state index contributed by atoms with van der Waals surface area (Å²) in [7, 11) is -3.59. The first-order chi connectivity index (χ1) is 18.4. The average molecular weight is 623 g/mol. The van der Waals surface area contributed by atoms with Crippen LogP contribution < -0.4 is 9.21 Å². The van der Waals surface area contributed by atoms with Gasteiger partial charge in [-0.05, 0) is 69.6 Å². The number of sulfone groups is 1. The molecule has 3 aromatic carbocycles. The smallest absolute Gasteiger partial charge is 0.264 e. The van der Waals surface area contributed by atoms with E-state index in [1.807, 2.05) is 25.1 Å². The molecular formula is C27H31ClN4O5S3. The third kappa shape index (κ3) is 6.64. The molecule has 0 radical (unpaired) electrons. The first-order valence-corrected chi connectivity index (χ1v) is 16.3. The number of hydrogen-bond donors (Lipinski definition) is 0. The Morgan fingerprint density at radius 3 is 2.10 bits per heavy atom. The van der Waals surface area contributed by atoms with E-state index in [0.717, 1.165) is 6.26 Å². The van der Waals surface area contributed by atoms with Crippen LogP contribution in [0.1, 0.15) is 17.3 Å². The van der Waals surface area contributed by atoms with Crippen LogP contribution in [0.25, 0.3) is 10.2 Å². The molecule has 4 rings (SSSR count). The molecule has 0 aliphatic carbocycles. The predicted molar refractivity (Wildman–Crippen MR) is 163 cm³/mol. The fourth-order valence-corrected chi connectivity index (χ4v) is 7.44. The van der Waals surface area contributed by atoms with E-state index < -0.39 is 19.9 Å². The van der Waals surface area contributed by atoms with E-state index in [2.05, 4.69) is 4.98 Å². The average Bonchev–Trinajstić information content (AvgIpc) is 3.33. The Kier molecular flexibility index (Phi) is 9.96. The van der Waals surface area contributed by atoms with Gasteiger partial charge in [0.25, 0.3) is 15.9 Å². The van der Waals surface area contributed by atoms with Crippen LogP contribution in [0, 0.1) is 0 Å². The summed E-state index contributed by atoms with van der Waals surface area (Å²) in [5.74, 6) is -0.365. The van der Waals surface area contributed by atoms with E-state index in [1.54, 1.807) is 43.3 Å². The fourth-order valence-electron chi connectivity index (χ4n) is 4.05. The van der Waals surface area contributed by atoms with Gasteiger partial charge in [-0.25, -0.2) is 21.8 Å². The molecule has 214 valence electrons. The normalized spacial score (nSPS) is 11.8. The summed E-state index contributed by atoms with van der Waals surface area (Å²) in [6, 6.07) is 19.6. The zero-order valence-corrected chi connectivity index (χ0v) is 25.8. The van der Waals surface area contributed by atoms with E-state index in [9.17, 15) is 21.6 Å². The van der Waals surface area contributed by atoms with Gasteiger partial charge < -0.3 is 4.90 Å². The minimum absolute atomic E-state index is 0. The molecule has 13 heteroatoms. The van der Waals surface area contributed by atoms with Crippen molar-refractivity contribution in [2.24, 2.45) is 0 Å². The van der Waals surface area contributed by atoms with Crippen molar-refractivity contribution in [3.8, 4) is 0 Å². The molecule has 0 saturated carbocycles. The molecule has 1 heterocycles. The highest BCUT2D eigenvalue weighted by Crippen LogP contribution is 2.33. The Morgan fingerprint density at radius 1 is 0.875 bits per heavy atom. The highest BCUT2D eigenvalue weighted by Gasteiger charge is 2.26. The van der Waals surface area contributed by atoms with E-state index in [-0.39, 0.29) is 40.2 Å². The first kappa shape index (κ1) is 31.5. The SMILES string of the molecule is CCN(c1ccccc1)S(=O)(=O)c1ccc(C(=O)N(CCN(C)C)c2nc3c(S(C)(=O)=O)cccc3s2)cc1.Cl. The van der Waals surface area contributed by atoms with Crippen molar-refractivity contribution in [3.05, 3.63) is 78.4 Å². The number of sulfonamides is 1. The summed E-state index contributed by atoms with van der Waals surface area (Å²) in [5.41, 5.74) is 1.17. The topological polar surface area (TPSA) is 108 Å². The number of hydrogen-bond acceptors (Lipinski definition) is 8. The Hall–Kier alpha value is -3.03. The fraction of sp³-hybridized carbons (Fsp3) is 0.259. The highest BCUT2D eigenvalue weighted by molar-refractivity contribution is 7.92. The number of benzene rings is 3. The van der Waals surface area contributed by atoms with E-state index in [4.69, 9.17) is 0 Å². The number of thiazole rings is 1. The number of para-hydroxylation sites is 2. The number of likely N-dealkylation sites (N-methyl/N-ethyl adjacent to an activating group) is 1. The summed E-state index contributed by atoms with van der Waals surface area (Å²) in [5, 5.41) is 0.367. The highest BCUT2D eigenvalue weighted by atomic mass is 35.5. The van der Waals surface area contributed by atoms with Crippen molar-refractivity contribution < 1.29 is 21.6 Å². The maximum absolute atomic E-state index is 13.7. The molecule has 0 aliphatic heterocycles. The summed E-state index contributed by atoms with van der Waals surface area (Å²) >= 11 is 1.23. The van der Waals surface area contributed by atoms with Crippen LogP contribution in [-0.2, 0) is 19.9 Å². The lowest BCUT2D eigenvalue weighted by molar-refractivity contribution is 0.0985. The molecule has 0 unspecified atom stereocenters. The number of rotatable bonds is 10. The minimum atomic E-state index is -3.84. The van der Waals surface area contributed by atoms with Gasteiger partial charge in [-0.2, -0.15) is 0 Å². The summed E-state index contributed by atoms with van der Waals surface area (Å²) in [4.78, 5) is 21.8. The molecule has 0 aliphatic rings. The second kappa shape index (κ2) is 12.6. The lowest BCUT2D eigenvalue weighted by atomic mass is 10.2. The summed E-state index contributed by atoms with van der Waals surface area (Å²) in [6.07, 6.45) is 1.13. The summed E-state index contributed by atoms with van der Waals surface area (Å²) in [6.45, 7) is 2.85. The number of nitrogens with zero attached hydrogens (tertiary/aromatic N) is 4. The van der Waals surface area contributed by atoms with E-state index >= 15 is 0 Å². The molecule has 0 fully saturated rings. The Bertz CT molecular complexity index is 1690. The van der Waals surface area contributed by atoms with Gasteiger partial charge in [-0.3, -0.25) is 14.0 Å². The van der Waals surface area contributed by atoms with Crippen LogP contribution in [0.2, 0.25) is 0 Å². The van der Waals surface area contributed by atoms with Gasteiger partial charge in [0.15, 0.2) is 15.0 Å². The molecule has 4 aromatic rings. The van der Waals surface area contributed by atoms with Gasteiger partial charge in [0.1, 0.15) is 5.52 Å². The van der Waals surface area contributed by atoms with Crippen molar-refractivity contribution in [2.75, 3.05) is 49.2 Å². The van der Waals surface area contributed by atoms with Gasteiger partial charge in [-0.15, -0.1) is 12.4 Å². The lowest BCUT2D eigenvalue weighted by Gasteiger charge is -2.24. The Labute approximate surface area is 245 Å². The number of carbonyl (C=O) groups excluding carboxylic acids is 1. The molecule has 9 nitrogen and oxygen atoms in total. The molecule has 0 bridgehead atoms. The second-order valence-corrected chi connectivity index (χ2v) is 14.0. The van der Waals surface area contributed by atoms with E-state index in [0.29, 0.717) is 34.1 Å². The van der Waals surface area contributed by atoms with Crippen molar-refractivity contribution >= 4 is 70.5 Å². The second-order valence-electron chi connectivity index (χ2n) is 9.16. The third-order valence-electron chi connectivity index (χ3n) is 6.04. The molecular weight excluding hydrogens is 592 g/mol. The number of aromatic nitrogens is 1. The number of anilines is 2. The maximum atomic E-state index is 13.7. The molecule has 0 atom stereocenters. The van der Waals surface area contributed by atoms with Crippen molar-refractivity contribution in [2.45, 2.75) is 16.7 Å². The number of carbonyl (C=O) groups is 1. The van der Waals surface area contributed by atoms with Crippen molar-refractivity contribution in [3.63, 3.8) is 0 Å². The third-order valence-corrected chi connectivity index (χ3v) is 10.1. The number of halogens is 1. The van der Waals surface area contributed by atoms with Gasteiger partial charge in [0.2, 0.25) is 0 Å². The summed E-state index contributed by atoms with van der Waals surface area (Å²) < 4.78 is 53.3. The van der Waals surface area contributed by atoms with Crippen LogP contribution in [0.3, 0.4) is 0 Å². The van der Waals surface area contributed by atoms with Crippen LogP contribution >= 0.6 is 23.7 Å². The maximum Gasteiger partial charge on any atom is 0.264 e. The van der Waals surface area contributed by atoms with Gasteiger partial charge in [0, 0.05) is 31.5 Å². The van der Waals surface area contributed by atoms with Crippen LogP contribution in [0.4, 0.5) is 10.8 Å². The molecule has 1 aromatic heterocycles. The molecule has 0 spiro atoms. The molecule has 1 amide bonds. The first-order valence-electron chi connectivity index (χ1n) is 12.2. The quantitative estimate of drug-likeness (QED) is 0.255. The zero-order chi connectivity index (χ0) is 28.4. The zero-order valence-electron chi connectivity index (χ0n) is 22.5. The van der Waals surface area contributed by atoms with Crippen molar-refractivity contribution in [1.82, 2.24) is 9.88 Å². The monoisotopic (exact) mass is 622 g/mol. The predicted octanol–water partition coefficient (Wildman–Crippen LogP) is 4.55. The minimum Gasteiger partial charge on any atom is -0.308 e. The Morgan fingerprint density at radius 2 is 1.52 bits per heavy atom. The van der Waals surface area contributed by atoms with Crippen LogP contribution in [-0.4, -0.2) is 72.6 Å². The van der Waals surface area contributed by atoms with Gasteiger partial charge in [0.05, 0.1) is 20.2 Å². The number of amides is 1. The largest absolute Gasteiger partial charge is 0.308 e. The van der Waals surface area contributed by atoms with Crippen LogP contribution in [0.5, 0.6) is 0 Å². The molecule has 40 heavy (non-hydrogen) atoms. The Balaban J connectivity index is 0.00000441. The standard InChI is InChI=1S/C27H30N4O5S3.ClH/c1-5-31(21-10-7-6-8-11-21)39(35,36)22-16-14-20(15-17-22)26(32)30(19-18-29(2)3)27-28-25-23(37-27)12-9-13-24(25)38(4,33)34;/h6-17H,5,18-19H2,1-4H3;1H. The van der Waals surface area contributed by atoms with Gasteiger partial charge >= 0.3 is 0 Å². The van der Waals surface area contributed by atoms with Crippen LogP contribution in [0.15, 0.2) is 82.6 Å². The van der Waals surface area contributed by atoms with E-state index in [1.165, 1.54) is 50.9 Å². The van der Waals surface area contributed by atoms with Crippen molar-refractivity contribution in [1.29, 1.82) is 0 Å². The molecule has 0 saturated heterocycles. The molecule has 0 N–H and O–H groups in total.